The quantitative estimate of drug-likeness (QED) is 0.826. The van der Waals surface area contributed by atoms with Gasteiger partial charge in [0.15, 0.2) is 11.5 Å². The summed E-state index contributed by atoms with van der Waals surface area (Å²) in [6.45, 7) is 2.71. The number of amides is 1. The lowest BCUT2D eigenvalue weighted by Gasteiger charge is -2.10. The van der Waals surface area contributed by atoms with E-state index in [1.54, 1.807) is 18.2 Å². The van der Waals surface area contributed by atoms with Crippen LogP contribution in [0.1, 0.15) is 23.1 Å². The minimum Gasteiger partial charge on any atom is -0.493 e. The Hall–Kier alpha value is -2.57. The first-order valence-corrected chi connectivity index (χ1v) is 6.18. The van der Waals surface area contributed by atoms with Crippen molar-refractivity contribution in [1.29, 1.82) is 0 Å². The molecule has 0 bridgehead atoms. The highest BCUT2D eigenvalue weighted by Crippen LogP contribution is 2.27. The molecule has 1 amide bonds. The first-order chi connectivity index (χ1) is 9.74. The number of H-pyrrole nitrogens is 1. The topological polar surface area (TPSA) is 89.1 Å². The van der Waals surface area contributed by atoms with E-state index in [9.17, 15) is 4.79 Å². The third-order valence-corrected chi connectivity index (χ3v) is 2.61. The summed E-state index contributed by atoms with van der Waals surface area (Å²) in [7, 11) is 1.54. The maximum atomic E-state index is 12.0. The van der Waals surface area contributed by atoms with Crippen molar-refractivity contribution in [3.63, 3.8) is 0 Å². The zero-order valence-electron chi connectivity index (χ0n) is 11.3. The lowest BCUT2D eigenvalue weighted by atomic mass is 10.2. The van der Waals surface area contributed by atoms with Gasteiger partial charge in [-0.2, -0.15) is 5.10 Å². The van der Waals surface area contributed by atoms with Crippen molar-refractivity contribution < 1.29 is 14.3 Å². The fourth-order valence-electron chi connectivity index (χ4n) is 1.67. The normalized spacial score (nSPS) is 10.1. The first-order valence-electron chi connectivity index (χ1n) is 6.18. The van der Waals surface area contributed by atoms with Crippen molar-refractivity contribution in [3.05, 3.63) is 35.9 Å². The number of rotatable bonds is 6. The van der Waals surface area contributed by atoms with Crippen LogP contribution in [0.15, 0.2) is 24.5 Å². The van der Waals surface area contributed by atoms with Crippen LogP contribution in [0, 0.1) is 0 Å². The Morgan fingerprint density at radius 1 is 1.40 bits per heavy atom. The SMILES string of the molecule is CCOc1ccc(C(=O)NCc2ncn[nH]2)cc1OC. The average Bonchev–Trinajstić information content (AvgIpc) is 2.98. The van der Waals surface area contributed by atoms with Crippen LogP contribution >= 0.6 is 0 Å². The van der Waals surface area contributed by atoms with Crippen LogP contribution < -0.4 is 14.8 Å². The van der Waals surface area contributed by atoms with E-state index in [1.807, 2.05) is 6.92 Å². The summed E-state index contributed by atoms with van der Waals surface area (Å²) in [4.78, 5) is 15.9. The molecule has 0 saturated heterocycles. The molecule has 0 aliphatic heterocycles. The van der Waals surface area contributed by atoms with Gasteiger partial charge in [-0.25, -0.2) is 4.98 Å². The zero-order chi connectivity index (χ0) is 14.4. The van der Waals surface area contributed by atoms with Gasteiger partial charge in [-0.1, -0.05) is 0 Å². The molecule has 7 nitrogen and oxygen atoms in total. The Bertz CT molecular complexity index is 569. The van der Waals surface area contributed by atoms with Crippen molar-refractivity contribution in [2.45, 2.75) is 13.5 Å². The number of aromatic amines is 1. The van der Waals surface area contributed by atoms with Gasteiger partial charge in [0.2, 0.25) is 0 Å². The molecule has 0 aliphatic carbocycles. The van der Waals surface area contributed by atoms with Crippen LogP contribution in [-0.4, -0.2) is 34.8 Å². The number of methoxy groups -OCH3 is 1. The molecule has 7 heteroatoms. The standard InChI is InChI=1S/C13H16N4O3/c1-3-20-10-5-4-9(6-11(10)19-2)13(18)14-7-12-15-8-16-17-12/h4-6,8H,3,7H2,1-2H3,(H,14,18)(H,15,16,17). The van der Waals surface area contributed by atoms with Crippen molar-refractivity contribution in [3.8, 4) is 11.5 Å². The monoisotopic (exact) mass is 276 g/mol. The predicted molar refractivity (Wildman–Crippen MR) is 71.7 cm³/mol. The van der Waals surface area contributed by atoms with E-state index in [0.29, 0.717) is 29.5 Å². The molecule has 0 saturated carbocycles. The van der Waals surface area contributed by atoms with Crippen LogP contribution in [0.2, 0.25) is 0 Å². The zero-order valence-corrected chi connectivity index (χ0v) is 11.3. The number of hydrogen-bond acceptors (Lipinski definition) is 5. The number of carbonyl (C=O) groups excluding carboxylic acids is 1. The molecule has 0 radical (unpaired) electrons. The Morgan fingerprint density at radius 2 is 2.25 bits per heavy atom. The molecule has 0 unspecified atom stereocenters. The summed E-state index contributed by atoms with van der Waals surface area (Å²) in [6, 6.07) is 5.04. The molecule has 0 aliphatic rings. The molecule has 106 valence electrons. The van der Waals surface area contributed by atoms with E-state index < -0.39 is 0 Å². The number of ether oxygens (including phenoxy) is 2. The van der Waals surface area contributed by atoms with Crippen LogP contribution in [0.5, 0.6) is 11.5 Å². The maximum absolute atomic E-state index is 12.0. The van der Waals surface area contributed by atoms with Crippen molar-refractivity contribution in [1.82, 2.24) is 20.5 Å². The second-order valence-corrected chi connectivity index (χ2v) is 3.91. The van der Waals surface area contributed by atoms with E-state index >= 15 is 0 Å². The highest BCUT2D eigenvalue weighted by atomic mass is 16.5. The maximum Gasteiger partial charge on any atom is 0.251 e. The molecule has 2 rings (SSSR count). The van der Waals surface area contributed by atoms with Gasteiger partial charge in [-0.05, 0) is 25.1 Å². The van der Waals surface area contributed by atoms with Gasteiger partial charge in [-0.15, -0.1) is 0 Å². The predicted octanol–water partition coefficient (Wildman–Crippen LogP) is 1.14. The van der Waals surface area contributed by atoms with Gasteiger partial charge in [0.25, 0.3) is 5.91 Å². The summed E-state index contributed by atoms with van der Waals surface area (Å²) in [6.07, 6.45) is 1.39. The fraction of sp³-hybridized carbons (Fsp3) is 0.308. The van der Waals surface area contributed by atoms with Gasteiger partial charge in [0.1, 0.15) is 12.2 Å². The van der Waals surface area contributed by atoms with Gasteiger partial charge in [-0.3, -0.25) is 9.89 Å². The lowest BCUT2D eigenvalue weighted by molar-refractivity contribution is 0.0949. The number of aromatic nitrogens is 3. The van der Waals surface area contributed by atoms with Crippen LogP contribution in [-0.2, 0) is 6.54 Å². The fourth-order valence-corrected chi connectivity index (χ4v) is 1.67. The molecule has 20 heavy (non-hydrogen) atoms. The van der Waals surface area contributed by atoms with Crippen LogP contribution in [0.4, 0.5) is 0 Å². The second-order valence-electron chi connectivity index (χ2n) is 3.91. The smallest absolute Gasteiger partial charge is 0.251 e. The summed E-state index contributed by atoms with van der Waals surface area (Å²) in [5.74, 6) is 1.51. The summed E-state index contributed by atoms with van der Waals surface area (Å²) < 4.78 is 10.6. The van der Waals surface area contributed by atoms with E-state index in [1.165, 1.54) is 13.4 Å². The molecule has 0 spiro atoms. The molecule has 2 aromatic rings. The molecule has 1 heterocycles. The molecule has 1 aromatic carbocycles. The number of nitrogens with zero attached hydrogens (tertiary/aromatic N) is 2. The molecule has 2 N–H and O–H groups in total. The number of carbonyl (C=O) groups is 1. The summed E-state index contributed by atoms with van der Waals surface area (Å²) in [5, 5.41) is 9.12. The third kappa shape index (κ3) is 3.25. The van der Waals surface area contributed by atoms with Gasteiger partial charge >= 0.3 is 0 Å². The Balaban J connectivity index is 2.05. The third-order valence-electron chi connectivity index (χ3n) is 2.61. The van der Waals surface area contributed by atoms with E-state index in [2.05, 4.69) is 20.5 Å². The van der Waals surface area contributed by atoms with E-state index in [0.717, 1.165) is 0 Å². The molecular weight excluding hydrogens is 260 g/mol. The van der Waals surface area contributed by atoms with E-state index in [4.69, 9.17) is 9.47 Å². The summed E-state index contributed by atoms with van der Waals surface area (Å²) >= 11 is 0. The molecule has 1 aromatic heterocycles. The Labute approximate surface area is 116 Å². The van der Waals surface area contributed by atoms with Gasteiger partial charge in [0, 0.05) is 5.56 Å². The number of benzene rings is 1. The van der Waals surface area contributed by atoms with Crippen molar-refractivity contribution in [2.75, 3.05) is 13.7 Å². The van der Waals surface area contributed by atoms with Crippen molar-refractivity contribution in [2.24, 2.45) is 0 Å². The first kappa shape index (κ1) is 13.9. The number of hydrogen-bond donors (Lipinski definition) is 2. The number of nitrogens with one attached hydrogen (secondary N) is 2. The highest BCUT2D eigenvalue weighted by Gasteiger charge is 2.11. The van der Waals surface area contributed by atoms with Crippen molar-refractivity contribution >= 4 is 5.91 Å². The molecular formula is C13H16N4O3. The summed E-state index contributed by atoms with van der Waals surface area (Å²) in [5.41, 5.74) is 0.491. The Kier molecular flexibility index (Phi) is 4.54. The largest absolute Gasteiger partial charge is 0.493 e. The minimum absolute atomic E-state index is 0.220. The van der Waals surface area contributed by atoms with Gasteiger partial charge < -0.3 is 14.8 Å². The average molecular weight is 276 g/mol. The van der Waals surface area contributed by atoms with E-state index in [-0.39, 0.29) is 12.5 Å². The highest BCUT2D eigenvalue weighted by molar-refractivity contribution is 5.94. The second kappa shape index (κ2) is 6.55. The molecule has 0 fully saturated rings. The van der Waals surface area contributed by atoms with Crippen LogP contribution in [0.25, 0.3) is 0 Å². The minimum atomic E-state index is -0.220. The van der Waals surface area contributed by atoms with Gasteiger partial charge in [0.05, 0.1) is 20.3 Å². The van der Waals surface area contributed by atoms with Crippen LogP contribution in [0.3, 0.4) is 0 Å². The lowest BCUT2D eigenvalue weighted by Crippen LogP contribution is -2.23. The Morgan fingerprint density at radius 3 is 2.90 bits per heavy atom. The molecule has 0 atom stereocenters.